The van der Waals surface area contributed by atoms with Crippen LogP contribution in [-0.2, 0) is 16.0 Å². The first-order chi connectivity index (χ1) is 34.8. The maximum atomic E-state index is 13.5. The van der Waals surface area contributed by atoms with Crippen molar-refractivity contribution in [3.8, 4) is 28.7 Å². The number of dihydropyridines is 1. The quantitative estimate of drug-likeness (QED) is 0.0576. The maximum absolute atomic E-state index is 13.5. The summed E-state index contributed by atoms with van der Waals surface area (Å²) in [6.07, 6.45) is 20.7. The molecule has 5 aliphatic carbocycles. The van der Waals surface area contributed by atoms with Gasteiger partial charge in [-0.2, -0.15) is 0 Å². The van der Waals surface area contributed by atoms with Gasteiger partial charge in [0.25, 0.3) is 0 Å². The number of hydrogen-bond donors (Lipinski definition) is 10. The monoisotopic (exact) mass is 997 g/mol. The number of benzene rings is 2. The number of carbonyl (C=O) groups is 1. The van der Waals surface area contributed by atoms with Crippen LogP contribution in [0.2, 0.25) is 0 Å². The Balaban J connectivity index is 0.893. The average Bonchev–Trinajstić information content (AvgIpc) is 4.15. The number of piperidine rings is 1. The molecule has 15 nitrogen and oxygen atoms in total. The number of ether oxygens (including phenoxy) is 4. The zero-order valence-corrected chi connectivity index (χ0v) is 42.3. The summed E-state index contributed by atoms with van der Waals surface area (Å²) in [5, 5.41) is 77.1. The van der Waals surface area contributed by atoms with E-state index < -0.39 is 41.7 Å². The fourth-order valence-corrected chi connectivity index (χ4v) is 16.6. The number of phenolic OH excluding ortho intramolecular Hbond substituents is 2. The van der Waals surface area contributed by atoms with E-state index in [4.69, 9.17) is 24.7 Å². The number of phenols is 2. The molecule has 3 aliphatic heterocycles. The minimum atomic E-state index is -0.827. The van der Waals surface area contributed by atoms with Gasteiger partial charge in [0.05, 0.1) is 49.8 Å². The van der Waals surface area contributed by atoms with E-state index in [-0.39, 0.29) is 96.6 Å². The fourth-order valence-electron chi connectivity index (χ4n) is 16.6. The van der Waals surface area contributed by atoms with Crippen LogP contribution in [0.5, 0.6) is 28.7 Å². The molecule has 2 spiro atoms. The predicted molar refractivity (Wildman–Crippen MR) is 271 cm³/mol. The topological polar surface area (TPSA) is 237 Å². The summed E-state index contributed by atoms with van der Waals surface area (Å²) in [4.78, 5) is 13.5. The number of carboxylic acids is 1. The number of aromatic hydroxyl groups is 2. The van der Waals surface area contributed by atoms with Gasteiger partial charge in [0.1, 0.15) is 13.3 Å². The number of hydrogen-bond acceptors (Lipinski definition) is 14. The Kier molecular flexibility index (Phi) is 14.9. The molecule has 394 valence electrons. The molecule has 6 fully saturated rings. The third-order valence-electron chi connectivity index (χ3n) is 19.4. The molecule has 2 aromatic rings. The fraction of sp³-hybridized carbons (Fsp3) is 0.667. The number of nitrogens with two attached hydrogens (primary N) is 1. The van der Waals surface area contributed by atoms with E-state index in [1.807, 2.05) is 24.3 Å². The van der Waals surface area contributed by atoms with Gasteiger partial charge in [0.15, 0.2) is 23.0 Å². The van der Waals surface area contributed by atoms with E-state index in [0.29, 0.717) is 54.8 Å². The van der Waals surface area contributed by atoms with Crippen LogP contribution in [0.3, 0.4) is 0 Å². The lowest BCUT2D eigenvalue weighted by atomic mass is 9.36. The van der Waals surface area contributed by atoms with Gasteiger partial charge in [-0.05, 0) is 166 Å². The molecule has 2 saturated heterocycles. The van der Waals surface area contributed by atoms with E-state index in [9.17, 15) is 35.4 Å². The largest absolute Gasteiger partial charge is 0.504 e. The molecule has 8 aliphatic rings. The van der Waals surface area contributed by atoms with Gasteiger partial charge in [-0.1, -0.05) is 50.0 Å². The highest BCUT2D eigenvalue weighted by Crippen LogP contribution is 2.77. The number of aryl methyl sites for hydroxylation is 1. The van der Waals surface area contributed by atoms with E-state index in [1.54, 1.807) is 18.2 Å². The summed E-state index contributed by atoms with van der Waals surface area (Å²) in [5.41, 5.74) is 8.30. The first kappa shape index (κ1) is 51.0. The van der Waals surface area contributed by atoms with Crippen LogP contribution in [0.4, 0.5) is 0 Å². The number of aliphatic hydroxyl groups excluding tert-OH is 3. The average molecular weight is 997 g/mol. The molecule has 2 aromatic carbocycles. The highest BCUT2D eigenvalue weighted by Gasteiger charge is 2.73. The number of methoxy groups -OCH3 is 1. The molecule has 14 atom stereocenters. The van der Waals surface area contributed by atoms with Gasteiger partial charge in [-0.15, -0.1) is 0 Å². The number of aliphatic carboxylic acids is 1. The Hall–Kier alpha value is -4.51. The Morgan fingerprint density at radius 2 is 1.78 bits per heavy atom. The molecule has 3 heterocycles. The first-order valence-electron chi connectivity index (χ1n) is 27.2. The first-order valence-corrected chi connectivity index (χ1v) is 27.2. The summed E-state index contributed by atoms with van der Waals surface area (Å²) < 4.78 is 25.5. The van der Waals surface area contributed by atoms with E-state index >= 15 is 0 Å². The SMILES string of the molecule is COc1cc([C@H]2O[C@@H](CCc3ccc(O)c(OCN[C@H]4C=C[C@@H]5CCC[C@@H]5[C@H]4O)c3)C[C@H](O)[C@@H]2CCO)cc(OC[C@@H]2N[C@H](C)C[C@]34CCC[C@@H]3C3(CCCC3)C[C@@H](C3=CCNC(N)=C3)[C@]24CC(=O)O)c1O. The lowest BCUT2D eigenvalue weighted by Gasteiger charge is -2.70. The van der Waals surface area contributed by atoms with E-state index in [0.717, 1.165) is 62.5 Å². The second-order valence-electron chi connectivity index (χ2n) is 23.1. The molecule has 10 rings (SSSR count). The number of rotatable bonds is 17. The minimum Gasteiger partial charge on any atom is -0.504 e. The summed E-state index contributed by atoms with van der Waals surface area (Å²) in [7, 11) is 1.48. The molecule has 0 unspecified atom stereocenters. The summed E-state index contributed by atoms with van der Waals surface area (Å²) >= 11 is 0. The van der Waals surface area contributed by atoms with Crippen molar-refractivity contribution in [3.63, 3.8) is 0 Å². The molecule has 0 amide bonds. The van der Waals surface area contributed by atoms with Crippen LogP contribution in [0.25, 0.3) is 0 Å². The number of nitrogens with one attached hydrogen (secondary N) is 3. The molecule has 15 heteroatoms. The third-order valence-corrected chi connectivity index (χ3v) is 19.4. The van der Waals surface area contributed by atoms with Crippen molar-refractivity contribution in [1.29, 1.82) is 0 Å². The van der Waals surface area contributed by atoms with Crippen molar-refractivity contribution < 1.29 is 54.4 Å². The molecule has 0 aromatic heterocycles. The van der Waals surface area contributed by atoms with Gasteiger partial charge in [0.2, 0.25) is 5.75 Å². The molecule has 0 radical (unpaired) electrons. The molecule has 0 bridgehead atoms. The number of fused-ring (bicyclic) bond motifs is 2. The number of aliphatic hydroxyl groups is 3. The summed E-state index contributed by atoms with van der Waals surface area (Å²) in [5.74, 6) is 0.780. The van der Waals surface area contributed by atoms with Crippen molar-refractivity contribution >= 4 is 5.97 Å². The Bertz CT molecular complexity index is 2370. The van der Waals surface area contributed by atoms with Gasteiger partial charge in [0, 0.05) is 36.6 Å². The maximum Gasteiger partial charge on any atom is 0.304 e. The number of carboxylic acid groups (broad SMARTS) is 1. The Morgan fingerprint density at radius 3 is 2.56 bits per heavy atom. The van der Waals surface area contributed by atoms with E-state index in [2.05, 4.69) is 35.0 Å². The molecular formula is C57H80N4O11. The summed E-state index contributed by atoms with van der Waals surface area (Å²) in [6.45, 7) is 2.84. The van der Waals surface area contributed by atoms with Crippen LogP contribution in [-0.4, -0.2) is 107 Å². The highest BCUT2D eigenvalue weighted by molar-refractivity contribution is 5.69. The zero-order valence-electron chi connectivity index (χ0n) is 42.3. The second kappa shape index (κ2) is 21.0. The summed E-state index contributed by atoms with van der Waals surface area (Å²) in [6, 6.07) is 8.21. The second-order valence-corrected chi connectivity index (χ2v) is 23.1. The third kappa shape index (κ3) is 9.37. The van der Waals surface area contributed by atoms with Gasteiger partial charge in [-0.3, -0.25) is 10.1 Å². The smallest absolute Gasteiger partial charge is 0.304 e. The molecular weight excluding hydrogens is 917 g/mol. The molecule has 4 saturated carbocycles. The van der Waals surface area contributed by atoms with Crippen molar-refractivity contribution in [1.82, 2.24) is 16.0 Å². The van der Waals surface area contributed by atoms with Crippen molar-refractivity contribution in [2.45, 2.75) is 159 Å². The zero-order chi connectivity index (χ0) is 50.4. The number of allylic oxidation sites excluding steroid dienone is 3. The minimum absolute atomic E-state index is 0.0114. The van der Waals surface area contributed by atoms with Crippen molar-refractivity contribution in [2.24, 2.45) is 51.6 Å². The van der Waals surface area contributed by atoms with Gasteiger partial charge < -0.3 is 66.0 Å². The lowest BCUT2D eigenvalue weighted by molar-refractivity contribution is -0.203. The highest BCUT2D eigenvalue weighted by atomic mass is 16.5. The Morgan fingerprint density at radius 1 is 0.958 bits per heavy atom. The Labute approximate surface area is 424 Å². The van der Waals surface area contributed by atoms with Crippen LogP contribution in [0.1, 0.15) is 127 Å². The van der Waals surface area contributed by atoms with Crippen molar-refractivity contribution in [3.05, 3.63) is 77.2 Å². The van der Waals surface area contributed by atoms with Crippen LogP contribution in [0.15, 0.2) is 66.0 Å². The molecule has 72 heavy (non-hydrogen) atoms. The van der Waals surface area contributed by atoms with Crippen LogP contribution >= 0.6 is 0 Å². The predicted octanol–water partition coefficient (Wildman–Crippen LogP) is 6.86. The molecule has 11 N–H and O–H groups in total. The van der Waals surface area contributed by atoms with Crippen molar-refractivity contribution in [2.75, 3.05) is 33.6 Å². The van der Waals surface area contributed by atoms with Gasteiger partial charge in [-0.25, -0.2) is 0 Å². The normalized spacial score (nSPS) is 36.7. The lowest BCUT2D eigenvalue weighted by Crippen LogP contribution is -2.73. The van der Waals surface area contributed by atoms with Crippen LogP contribution < -0.4 is 35.9 Å². The van der Waals surface area contributed by atoms with Crippen LogP contribution in [0, 0.1) is 45.8 Å². The standard InChI is InChI=1S/C57H80N4O11/c1-33-28-56-20-6-9-48(56)55(18-3-4-19-55)29-41(36-16-21-59-50(58)26-36)57(56,30-51(65)66)49(61-33)31-70-47-25-37(24-46(69-2)53(47)68)54-40(17-22-62)44(64)27-38(72-54)13-10-34-11-15-43(63)45(23-34)71-32-60-42-14-12-35-7-5-8-39(35)52(42)67/h11-12,14-16,23-26,33,35,38-42,44,48-49,52,54,59-64,67-68H,3-10,13,17-22,27-32,58H2,1-2H3,(H,65,66)/t33-,35+,38+,39+,40+,41+,42+,44+,48-,49+,52-,54-,56-,57-/m1/s1. The van der Waals surface area contributed by atoms with Gasteiger partial charge >= 0.3 is 5.97 Å². The van der Waals surface area contributed by atoms with E-state index in [1.165, 1.54) is 32.8 Å².